The van der Waals surface area contributed by atoms with E-state index in [1.54, 1.807) is 0 Å². The summed E-state index contributed by atoms with van der Waals surface area (Å²) in [6.07, 6.45) is 0.792. The molecule has 1 rings (SSSR count). The van der Waals surface area contributed by atoms with Gasteiger partial charge in [-0.25, -0.2) is 0 Å². The fraction of sp³-hybridized carbons (Fsp3) is 0.300. The van der Waals surface area contributed by atoms with E-state index in [-0.39, 0.29) is 22.8 Å². The Balaban J connectivity index is 3.01. The summed E-state index contributed by atoms with van der Waals surface area (Å²) >= 11 is 0. The van der Waals surface area contributed by atoms with Crippen LogP contribution >= 0.6 is 0 Å². The van der Waals surface area contributed by atoms with E-state index in [0.29, 0.717) is 6.54 Å². The van der Waals surface area contributed by atoms with Crippen molar-refractivity contribution < 1.29 is 9.72 Å². The number of amides is 1. The number of hydrogen-bond donors (Lipinski definition) is 2. The fourth-order valence-electron chi connectivity index (χ4n) is 1.24. The molecule has 0 saturated heterocycles. The van der Waals surface area contributed by atoms with Gasteiger partial charge in [0.2, 0.25) is 0 Å². The molecule has 3 N–H and O–H groups in total. The smallest absolute Gasteiger partial charge is 0.292 e. The lowest BCUT2D eigenvalue weighted by Crippen LogP contribution is -2.25. The Morgan fingerprint density at radius 1 is 1.56 bits per heavy atom. The number of nitro benzene ring substituents is 1. The SMILES string of the molecule is CCCNC(=O)c1cccc([N+](=O)[O-])c1N. The summed E-state index contributed by atoms with van der Waals surface area (Å²) in [5, 5.41) is 13.2. The van der Waals surface area contributed by atoms with Crippen LogP contribution in [0.4, 0.5) is 11.4 Å². The first-order valence-electron chi connectivity index (χ1n) is 4.89. The van der Waals surface area contributed by atoms with Crippen LogP contribution in [0.25, 0.3) is 0 Å². The fourth-order valence-corrected chi connectivity index (χ4v) is 1.24. The summed E-state index contributed by atoms with van der Waals surface area (Å²) < 4.78 is 0. The number of hydrogen-bond acceptors (Lipinski definition) is 4. The van der Waals surface area contributed by atoms with Gasteiger partial charge in [0.15, 0.2) is 0 Å². The number of anilines is 1. The predicted molar refractivity (Wildman–Crippen MR) is 60.1 cm³/mol. The number of benzene rings is 1. The monoisotopic (exact) mass is 223 g/mol. The number of nitrogens with two attached hydrogens (primary N) is 1. The zero-order valence-corrected chi connectivity index (χ0v) is 8.90. The first-order valence-corrected chi connectivity index (χ1v) is 4.89. The Kier molecular flexibility index (Phi) is 3.82. The van der Waals surface area contributed by atoms with Crippen molar-refractivity contribution in [2.45, 2.75) is 13.3 Å². The molecule has 0 radical (unpaired) electrons. The van der Waals surface area contributed by atoms with Gasteiger partial charge in [0.1, 0.15) is 5.69 Å². The maximum atomic E-state index is 11.6. The highest BCUT2D eigenvalue weighted by molar-refractivity contribution is 6.00. The van der Waals surface area contributed by atoms with Gasteiger partial charge in [-0.1, -0.05) is 13.0 Å². The van der Waals surface area contributed by atoms with Gasteiger partial charge in [-0.05, 0) is 12.5 Å². The average molecular weight is 223 g/mol. The molecule has 0 bridgehead atoms. The summed E-state index contributed by atoms with van der Waals surface area (Å²) in [4.78, 5) is 21.6. The second-order valence-corrected chi connectivity index (χ2v) is 3.25. The molecule has 1 amide bonds. The summed E-state index contributed by atoms with van der Waals surface area (Å²) in [5.41, 5.74) is 5.35. The van der Waals surface area contributed by atoms with Gasteiger partial charge >= 0.3 is 0 Å². The third-order valence-electron chi connectivity index (χ3n) is 2.06. The quantitative estimate of drug-likeness (QED) is 0.456. The number of nitro groups is 1. The predicted octanol–water partition coefficient (Wildman–Crippen LogP) is 1.32. The van der Waals surface area contributed by atoms with E-state index in [1.165, 1.54) is 18.2 Å². The second-order valence-electron chi connectivity index (χ2n) is 3.25. The number of nitrogens with zero attached hydrogens (tertiary/aromatic N) is 1. The molecular weight excluding hydrogens is 210 g/mol. The van der Waals surface area contributed by atoms with Crippen LogP contribution in [-0.2, 0) is 0 Å². The Bertz CT molecular complexity index is 418. The number of carbonyl (C=O) groups excluding carboxylic acids is 1. The summed E-state index contributed by atoms with van der Waals surface area (Å²) in [7, 11) is 0. The van der Waals surface area contributed by atoms with Crippen LogP contribution in [0.15, 0.2) is 18.2 Å². The molecule has 6 heteroatoms. The molecule has 0 atom stereocenters. The molecule has 0 saturated carbocycles. The third kappa shape index (κ3) is 2.47. The normalized spacial score (nSPS) is 9.81. The topological polar surface area (TPSA) is 98.3 Å². The molecule has 0 aromatic heterocycles. The van der Waals surface area contributed by atoms with Crippen molar-refractivity contribution in [3.05, 3.63) is 33.9 Å². The molecule has 16 heavy (non-hydrogen) atoms. The number of nitrogen functional groups attached to an aromatic ring is 1. The Hall–Kier alpha value is -2.11. The Morgan fingerprint density at radius 3 is 2.81 bits per heavy atom. The highest BCUT2D eigenvalue weighted by atomic mass is 16.6. The van der Waals surface area contributed by atoms with Crippen LogP contribution < -0.4 is 11.1 Å². The molecule has 0 aliphatic carbocycles. The van der Waals surface area contributed by atoms with E-state index in [9.17, 15) is 14.9 Å². The molecule has 0 heterocycles. The van der Waals surface area contributed by atoms with E-state index in [1.807, 2.05) is 6.92 Å². The molecule has 0 spiro atoms. The summed E-state index contributed by atoms with van der Waals surface area (Å²) in [6, 6.07) is 4.18. The van der Waals surface area contributed by atoms with E-state index in [0.717, 1.165) is 6.42 Å². The van der Waals surface area contributed by atoms with Gasteiger partial charge in [0.05, 0.1) is 10.5 Å². The van der Waals surface area contributed by atoms with Crippen molar-refractivity contribution >= 4 is 17.3 Å². The molecule has 86 valence electrons. The van der Waals surface area contributed by atoms with Crippen LogP contribution in [0.1, 0.15) is 23.7 Å². The van der Waals surface area contributed by atoms with Gasteiger partial charge in [-0.2, -0.15) is 0 Å². The van der Waals surface area contributed by atoms with Gasteiger partial charge in [-0.15, -0.1) is 0 Å². The largest absolute Gasteiger partial charge is 0.393 e. The van der Waals surface area contributed by atoms with Crippen LogP contribution in [-0.4, -0.2) is 17.4 Å². The zero-order valence-electron chi connectivity index (χ0n) is 8.90. The van der Waals surface area contributed by atoms with Gasteiger partial charge in [0.25, 0.3) is 11.6 Å². The average Bonchev–Trinajstić information content (AvgIpc) is 2.25. The molecule has 1 aromatic rings. The molecular formula is C10H13N3O3. The lowest BCUT2D eigenvalue weighted by molar-refractivity contribution is -0.383. The van der Waals surface area contributed by atoms with E-state index in [4.69, 9.17) is 5.73 Å². The van der Waals surface area contributed by atoms with Crippen molar-refractivity contribution in [3.8, 4) is 0 Å². The van der Waals surface area contributed by atoms with Gasteiger partial charge < -0.3 is 11.1 Å². The van der Waals surface area contributed by atoms with Gasteiger partial charge in [0, 0.05) is 12.6 Å². The van der Waals surface area contributed by atoms with Crippen LogP contribution in [0.5, 0.6) is 0 Å². The lowest BCUT2D eigenvalue weighted by atomic mass is 10.1. The number of rotatable bonds is 4. The van der Waals surface area contributed by atoms with Crippen molar-refractivity contribution in [1.82, 2.24) is 5.32 Å². The summed E-state index contributed by atoms with van der Waals surface area (Å²) in [6.45, 7) is 2.43. The number of nitrogens with one attached hydrogen (secondary N) is 1. The first-order chi connectivity index (χ1) is 7.57. The van der Waals surface area contributed by atoms with Crippen LogP contribution in [0.3, 0.4) is 0 Å². The minimum absolute atomic E-state index is 0.0962. The minimum atomic E-state index is -0.605. The highest BCUT2D eigenvalue weighted by Crippen LogP contribution is 2.24. The molecule has 0 fully saturated rings. The van der Waals surface area contributed by atoms with Crippen molar-refractivity contribution in [2.24, 2.45) is 0 Å². The molecule has 1 aromatic carbocycles. The zero-order chi connectivity index (χ0) is 12.1. The van der Waals surface area contributed by atoms with Crippen molar-refractivity contribution in [1.29, 1.82) is 0 Å². The lowest BCUT2D eigenvalue weighted by Gasteiger charge is -2.06. The summed E-state index contributed by atoms with van der Waals surface area (Å²) in [5.74, 6) is -0.386. The number of para-hydroxylation sites is 1. The Morgan fingerprint density at radius 2 is 2.25 bits per heavy atom. The van der Waals surface area contributed by atoms with Crippen molar-refractivity contribution in [2.75, 3.05) is 12.3 Å². The third-order valence-corrected chi connectivity index (χ3v) is 2.06. The molecule has 0 unspecified atom stereocenters. The molecule has 0 aliphatic heterocycles. The first kappa shape index (κ1) is 12.0. The van der Waals surface area contributed by atoms with Crippen LogP contribution in [0, 0.1) is 10.1 Å². The minimum Gasteiger partial charge on any atom is -0.393 e. The van der Waals surface area contributed by atoms with Crippen LogP contribution in [0.2, 0.25) is 0 Å². The van der Waals surface area contributed by atoms with E-state index in [2.05, 4.69) is 5.32 Å². The second kappa shape index (κ2) is 5.11. The standard InChI is InChI=1S/C10H13N3O3/c1-2-6-12-10(14)7-4-3-5-8(9(7)11)13(15)16/h3-5H,2,6,11H2,1H3,(H,12,14). The maximum absolute atomic E-state index is 11.6. The molecule has 0 aliphatic rings. The maximum Gasteiger partial charge on any atom is 0.292 e. The van der Waals surface area contributed by atoms with E-state index < -0.39 is 4.92 Å². The highest BCUT2D eigenvalue weighted by Gasteiger charge is 2.18. The number of carbonyl (C=O) groups is 1. The molecule has 6 nitrogen and oxygen atoms in total. The Labute approximate surface area is 92.6 Å². The van der Waals surface area contributed by atoms with E-state index >= 15 is 0 Å². The van der Waals surface area contributed by atoms with Gasteiger partial charge in [-0.3, -0.25) is 14.9 Å². The van der Waals surface area contributed by atoms with Crippen molar-refractivity contribution in [3.63, 3.8) is 0 Å².